The lowest BCUT2D eigenvalue weighted by Gasteiger charge is -2.13. The molecule has 0 aliphatic heterocycles. The van der Waals surface area contributed by atoms with Gasteiger partial charge >= 0.3 is 5.69 Å². The van der Waals surface area contributed by atoms with Crippen LogP contribution in [-0.2, 0) is 17.9 Å². The van der Waals surface area contributed by atoms with Gasteiger partial charge in [-0.3, -0.25) is 14.2 Å². The number of fused-ring (bicyclic) bond motifs is 1. The molecule has 0 atom stereocenters. The van der Waals surface area contributed by atoms with Crippen LogP contribution < -0.4 is 16.6 Å². The summed E-state index contributed by atoms with van der Waals surface area (Å²) in [4.78, 5) is 38.9. The van der Waals surface area contributed by atoms with E-state index < -0.39 is 11.2 Å². The second kappa shape index (κ2) is 8.31. The van der Waals surface area contributed by atoms with Gasteiger partial charge in [0, 0.05) is 6.54 Å². The minimum absolute atomic E-state index is 0.206. The quantitative estimate of drug-likeness (QED) is 0.521. The van der Waals surface area contributed by atoms with Gasteiger partial charge in [0.15, 0.2) is 0 Å². The molecule has 0 radical (unpaired) electrons. The van der Waals surface area contributed by atoms with Crippen molar-refractivity contribution in [2.75, 3.05) is 0 Å². The van der Waals surface area contributed by atoms with Crippen molar-refractivity contribution in [1.82, 2.24) is 14.5 Å². The highest BCUT2D eigenvalue weighted by molar-refractivity contribution is 7.17. The maximum absolute atomic E-state index is 13.3. The summed E-state index contributed by atoms with van der Waals surface area (Å²) in [6.45, 7) is 3.76. The standard InChI is InChI=1S/C23H20FN3O3S/c1-14-9-15(2)11-18(10-14)27-22(29)21-19(7-8-31-21)26(23(27)30)13-20(28)25-12-16-3-5-17(24)6-4-16/h3-11H,12-13H2,1-2H3,(H,25,28). The Bertz CT molecular complexity index is 1380. The zero-order valence-electron chi connectivity index (χ0n) is 17.0. The van der Waals surface area contributed by atoms with E-state index in [-0.39, 0.29) is 24.8 Å². The van der Waals surface area contributed by atoms with E-state index in [0.29, 0.717) is 15.9 Å². The molecule has 0 fully saturated rings. The van der Waals surface area contributed by atoms with Crippen molar-refractivity contribution in [3.63, 3.8) is 0 Å². The molecule has 1 N–H and O–H groups in total. The summed E-state index contributed by atoms with van der Waals surface area (Å²) in [5.41, 5.74) is 2.52. The van der Waals surface area contributed by atoms with Crippen molar-refractivity contribution in [3.05, 3.63) is 97.3 Å². The molecule has 0 unspecified atom stereocenters. The van der Waals surface area contributed by atoms with Crippen LogP contribution in [0.5, 0.6) is 0 Å². The minimum Gasteiger partial charge on any atom is -0.350 e. The van der Waals surface area contributed by atoms with Crippen LogP contribution in [0.25, 0.3) is 15.9 Å². The molecule has 0 saturated carbocycles. The summed E-state index contributed by atoms with van der Waals surface area (Å²) in [6, 6.07) is 13.0. The first-order chi connectivity index (χ1) is 14.8. The highest BCUT2D eigenvalue weighted by atomic mass is 32.1. The van der Waals surface area contributed by atoms with Gasteiger partial charge in [0.1, 0.15) is 17.1 Å². The van der Waals surface area contributed by atoms with Crippen LogP contribution in [-0.4, -0.2) is 15.0 Å². The van der Waals surface area contributed by atoms with Gasteiger partial charge < -0.3 is 5.32 Å². The average Bonchev–Trinajstić information content (AvgIpc) is 3.20. The molecule has 2 aromatic carbocycles. The molecule has 31 heavy (non-hydrogen) atoms. The summed E-state index contributed by atoms with van der Waals surface area (Å²) in [7, 11) is 0. The van der Waals surface area contributed by atoms with Crippen LogP contribution in [0.3, 0.4) is 0 Å². The molecule has 4 rings (SSSR count). The van der Waals surface area contributed by atoms with Crippen LogP contribution in [0.4, 0.5) is 4.39 Å². The zero-order valence-corrected chi connectivity index (χ0v) is 17.8. The van der Waals surface area contributed by atoms with Crippen LogP contribution in [0.15, 0.2) is 63.5 Å². The van der Waals surface area contributed by atoms with Crippen molar-refractivity contribution in [2.45, 2.75) is 26.9 Å². The fraction of sp³-hybridized carbons (Fsp3) is 0.174. The molecule has 1 amide bonds. The van der Waals surface area contributed by atoms with Gasteiger partial charge in [-0.2, -0.15) is 0 Å². The van der Waals surface area contributed by atoms with Gasteiger partial charge in [0.25, 0.3) is 5.56 Å². The summed E-state index contributed by atoms with van der Waals surface area (Å²) >= 11 is 1.23. The number of rotatable bonds is 5. The number of amides is 1. The van der Waals surface area contributed by atoms with E-state index in [2.05, 4.69) is 5.32 Å². The Labute approximate surface area is 181 Å². The SMILES string of the molecule is Cc1cc(C)cc(-n2c(=O)c3sccc3n(CC(=O)NCc3ccc(F)cc3)c2=O)c1. The highest BCUT2D eigenvalue weighted by Gasteiger charge is 2.18. The van der Waals surface area contributed by atoms with E-state index >= 15 is 0 Å². The number of aromatic nitrogens is 2. The summed E-state index contributed by atoms with van der Waals surface area (Å²) < 4.78 is 15.9. The fourth-order valence-corrected chi connectivity index (χ4v) is 4.37. The van der Waals surface area contributed by atoms with Crippen molar-refractivity contribution >= 4 is 27.5 Å². The molecule has 4 aromatic rings. The molecule has 0 spiro atoms. The normalized spacial score (nSPS) is 11.1. The summed E-state index contributed by atoms with van der Waals surface area (Å²) in [5, 5.41) is 4.46. The number of nitrogens with zero attached hydrogens (tertiary/aromatic N) is 2. The van der Waals surface area contributed by atoms with Gasteiger partial charge in [-0.1, -0.05) is 18.2 Å². The van der Waals surface area contributed by atoms with E-state index in [1.165, 1.54) is 28.0 Å². The first kappa shape index (κ1) is 20.7. The summed E-state index contributed by atoms with van der Waals surface area (Å²) in [5.74, 6) is -0.736. The predicted molar refractivity (Wildman–Crippen MR) is 119 cm³/mol. The van der Waals surface area contributed by atoms with Gasteiger partial charge in [0.05, 0.1) is 11.2 Å². The number of benzene rings is 2. The third-order valence-electron chi connectivity index (χ3n) is 4.92. The summed E-state index contributed by atoms with van der Waals surface area (Å²) in [6.07, 6.45) is 0. The third kappa shape index (κ3) is 4.20. The number of halogens is 1. The Kier molecular flexibility index (Phi) is 5.56. The lowest BCUT2D eigenvalue weighted by atomic mass is 10.1. The molecule has 158 valence electrons. The molecule has 6 nitrogen and oxygen atoms in total. The first-order valence-corrected chi connectivity index (χ1v) is 10.5. The Morgan fingerprint density at radius 2 is 1.71 bits per heavy atom. The maximum Gasteiger partial charge on any atom is 0.336 e. The van der Waals surface area contributed by atoms with E-state index in [9.17, 15) is 18.8 Å². The Morgan fingerprint density at radius 3 is 2.39 bits per heavy atom. The van der Waals surface area contributed by atoms with Gasteiger partial charge in [-0.25, -0.2) is 13.8 Å². The lowest BCUT2D eigenvalue weighted by Crippen LogP contribution is -2.41. The monoisotopic (exact) mass is 437 g/mol. The maximum atomic E-state index is 13.3. The van der Waals surface area contributed by atoms with Gasteiger partial charge in [-0.15, -0.1) is 11.3 Å². The zero-order chi connectivity index (χ0) is 22.1. The van der Waals surface area contributed by atoms with E-state index in [1.54, 1.807) is 35.7 Å². The van der Waals surface area contributed by atoms with Crippen LogP contribution >= 0.6 is 11.3 Å². The number of aryl methyl sites for hydroxylation is 2. The van der Waals surface area contributed by atoms with E-state index in [0.717, 1.165) is 21.3 Å². The molecule has 0 bridgehead atoms. The second-order valence-electron chi connectivity index (χ2n) is 7.39. The van der Waals surface area contributed by atoms with Crippen LogP contribution in [0, 0.1) is 19.7 Å². The van der Waals surface area contributed by atoms with Gasteiger partial charge in [-0.05, 0) is 66.2 Å². The topological polar surface area (TPSA) is 73.1 Å². The smallest absolute Gasteiger partial charge is 0.336 e. The largest absolute Gasteiger partial charge is 0.350 e. The second-order valence-corrected chi connectivity index (χ2v) is 8.31. The van der Waals surface area contributed by atoms with Crippen LogP contribution in [0.2, 0.25) is 0 Å². The highest BCUT2D eigenvalue weighted by Crippen LogP contribution is 2.17. The average molecular weight is 437 g/mol. The minimum atomic E-state index is -0.571. The number of hydrogen-bond acceptors (Lipinski definition) is 4. The van der Waals surface area contributed by atoms with Crippen molar-refractivity contribution in [1.29, 1.82) is 0 Å². The van der Waals surface area contributed by atoms with E-state index in [4.69, 9.17) is 0 Å². The van der Waals surface area contributed by atoms with Crippen LogP contribution in [0.1, 0.15) is 16.7 Å². The van der Waals surface area contributed by atoms with Crippen molar-refractivity contribution in [2.24, 2.45) is 0 Å². The number of thiophene rings is 1. The molecule has 0 saturated heterocycles. The molecular weight excluding hydrogens is 417 g/mol. The molecule has 2 aromatic heterocycles. The Hall–Kier alpha value is -3.52. The Morgan fingerprint density at radius 1 is 1.03 bits per heavy atom. The number of carbonyl (C=O) groups excluding carboxylic acids is 1. The molecule has 2 heterocycles. The first-order valence-electron chi connectivity index (χ1n) is 9.66. The molecule has 8 heteroatoms. The number of hydrogen-bond donors (Lipinski definition) is 1. The van der Waals surface area contributed by atoms with E-state index in [1.807, 2.05) is 19.9 Å². The fourth-order valence-electron chi connectivity index (χ4n) is 3.55. The molecule has 0 aliphatic rings. The predicted octanol–water partition coefficient (Wildman–Crippen LogP) is 3.29. The third-order valence-corrected chi connectivity index (χ3v) is 5.82. The van der Waals surface area contributed by atoms with Gasteiger partial charge in [0.2, 0.25) is 5.91 Å². The Balaban J connectivity index is 1.71. The number of carbonyl (C=O) groups is 1. The van der Waals surface area contributed by atoms with Crippen molar-refractivity contribution in [3.8, 4) is 5.69 Å². The molecule has 0 aliphatic carbocycles. The number of nitrogens with one attached hydrogen (secondary N) is 1. The lowest BCUT2D eigenvalue weighted by molar-refractivity contribution is -0.121. The molecular formula is C23H20FN3O3S. The van der Waals surface area contributed by atoms with Crippen molar-refractivity contribution < 1.29 is 9.18 Å².